The summed E-state index contributed by atoms with van der Waals surface area (Å²) in [6, 6.07) is 49.3. The number of benzene rings is 7. The minimum atomic E-state index is 0.515. The molecule has 7 aromatic carbocycles. The minimum Gasteiger partial charge on any atom is -0.455 e. The van der Waals surface area contributed by atoms with Crippen LogP contribution in [0.1, 0.15) is 0 Å². The SMILES string of the molecule is [C-]#[N+]c1cc(-c2c([N+]#[C-])cccc2-n2c3ccccc3c3c4oc5ccccc5c4ccc32)ccc1-n1c2ccccc2c2ccccc21. The Morgan fingerprint density at radius 3 is 1.78 bits per heavy atom. The lowest BCUT2D eigenvalue weighted by Crippen LogP contribution is -1.98. The number of rotatable bonds is 3. The van der Waals surface area contributed by atoms with Crippen molar-refractivity contribution >= 4 is 76.9 Å². The van der Waals surface area contributed by atoms with Gasteiger partial charge in [0.05, 0.1) is 46.3 Å². The maximum Gasteiger partial charge on any atom is 0.211 e. The summed E-state index contributed by atoms with van der Waals surface area (Å²) in [7, 11) is 0. The van der Waals surface area contributed by atoms with Crippen molar-refractivity contribution in [3.63, 3.8) is 0 Å². The van der Waals surface area contributed by atoms with Crippen molar-refractivity contribution in [2.24, 2.45) is 0 Å². The Kier molecular flexibility index (Phi) is 5.64. The molecule has 49 heavy (non-hydrogen) atoms. The van der Waals surface area contributed by atoms with Crippen molar-refractivity contribution in [3.05, 3.63) is 168 Å². The van der Waals surface area contributed by atoms with Gasteiger partial charge in [0.2, 0.25) is 5.69 Å². The van der Waals surface area contributed by atoms with Crippen molar-refractivity contribution in [1.82, 2.24) is 9.13 Å². The molecule has 0 aliphatic carbocycles. The smallest absolute Gasteiger partial charge is 0.211 e. The van der Waals surface area contributed by atoms with Crippen molar-refractivity contribution in [2.45, 2.75) is 0 Å². The topological polar surface area (TPSA) is 31.7 Å². The summed E-state index contributed by atoms with van der Waals surface area (Å²) in [4.78, 5) is 8.06. The third-order valence-corrected chi connectivity index (χ3v) is 9.77. The average molecular weight is 625 g/mol. The van der Waals surface area contributed by atoms with E-state index < -0.39 is 0 Å². The molecule has 5 heteroatoms. The van der Waals surface area contributed by atoms with Gasteiger partial charge < -0.3 is 13.6 Å². The largest absolute Gasteiger partial charge is 0.455 e. The van der Waals surface area contributed by atoms with Gasteiger partial charge in [-0.15, -0.1) is 0 Å². The van der Waals surface area contributed by atoms with E-state index in [0.29, 0.717) is 11.4 Å². The van der Waals surface area contributed by atoms with Crippen LogP contribution in [0.15, 0.2) is 150 Å². The number of nitrogens with zero attached hydrogens (tertiary/aromatic N) is 4. The van der Waals surface area contributed by atoms with Crippen molar-refractivity contribution in [2.75, 3.05) is 0 Å². The second-order valence-electron chi connectivity index (χ2n) is 12.3. The van der Waals surface area contributed by atoms with Gasteiger partial charge in [-0.25, -0.2) is 9.69 Å². The fraction of sp³-hybridized carbons (Fsp3) is 0. The zero-order valence-corrected chi connectivity index (χ0v) is 26.1. The van der Waals surface area contributed by atoms with Crippen LogP contribution in [0.25, 0.3) is 97.7 Å². The molecule has 0 aliphatic heterocycles. The van der Waals surface area contributed by atoms with Crippen LogP contribution in [0.4, 0.5) is 11.4 Å². The highest BCUT2D eigenvalue weighted by Crippen LogP contribution is 2.45. The summed E-state index contributed by atoms with van der Waals surface area (Å²) >= 11 is 0. The Morgan fingerprint density at radius 2 is 1.06 bits per heavy atom. The number of fused-ring (bicyclic) bond motifs is 10. The molecule has 0 bridgehead atoms. The molecular formula is C44H24N4O. The van der Waals surface area contributed by atoms with E-state index >= 15 is 0 Å². The maximum atomic E-state index is 8.33. The van der Waals surface area contributed by atoms with E-state index in [1.54, 1.807) is 0 Å². The Hall–Kier alpha value is -7.08. The molecule has 0 spiro atoms. The molecule has 0 saturated carbocycles. The lowest BCUT2D eigenvalue weighted by Gasteiger charge is -2.17. The normalized spacial score (nSPS) is 11.6. The van der Waals surface area contributed by atoms with Gasteiger partial charge in [0.15, 0.2) is 5.69 Å². The first-order valence-electron chi connectivity index (χ1n) is 16.1. The molecule has 10 aromatic rings. The van der Waals surface area contributed by atoms with Gasteiger partial charge in [0, 0.05) is 38.2 Å². The van der Waals surface area contributed by atoms with Gasteiger partial charge in [0.1, 0.15) is 11.2 Å². The van der Waals surface area contributed by atoms with Crippen LogP contribution in [0, 0.1) is 13.1 Å². The van der Waals surface area contributed by atoms with Gasteiger partial charge in [-0.1, -0.05) is 91.0 Å². The van der Waals surface area contributed by atoms with Gasteiger partial charge in [-0.05, 0) is 60.2 Å². The summed E-state index contributed by atoms with van der Waals surface area (Å²) in [5, 5.41) is 6.55. The van der Waals surface area contributed by atoms with E-state index in [1.165, 1.54) is 0 Å². The monoisotopic (exact) mass is 624 g/mol. The van der Waals surface area contributed by atoms with Gasteiger partial charge in [-0.2, -0.15) is 0 Å². The first-order chi connectivity index (χ1) is 24.2. The van der Waals surface area contributed by atoms with Crippen molar-refractivity contribution < 1.29 is 4.42 Å². The Bertz CT molecular complexity index is 3030. The Balaban J connectivity index is 1.25. The lowest BCUT2D eigenvalue weighted by atomic mass is 9.99. The number of furan rings is 1. The number of aromatic nitrogens is 2. The molecule has 3 heterocycles. The summed E-state index contributed by atoms with van der Waals surface area (Å²) in [6.07, 6.45) is 0. The van der Waals surface area contributed by atoms with Crippen LogP contribution in [-0.4, -0.2) is 9.13 Å². The van der Waals surface area contributed by atoms with Crippen LogP contribution < -0.4 is 0 Å². The van der Waals surface area contributed by atoms with E-state index in [-0.39, 0.29) is 0 Å². The molecule has 5 nitrogen and oxygen atoms in total. The third-order valence-electron chi connectivity index (χ3n) is 9.77. The number of para-hydroxylation sites is 4. The van der Waals surface area contributed by atoms with Gasteiger partial charge in [0.25, 0.3) is 0 Å². The molecule has 3 aromatic heterocycles. The highest BCUT2D eigenvalue weighted by Gasteiger charge is 2.22. The zero-order chi connectivity index (χ0) is 32.6. The fourth-order valence-corrected chi connectivity index (χ4v) is 7.74. The predicted molar refractivity (Wildman–Crippen MR) is 200 cm³/mol. The van der Waals surface area contributed by atoms with E-state index in [2.05, 4.69) is 97.7 Å². The highest BCUT2D eigenvalue weighted by atomic mass is 16.3. The molecule has 0 amide bonds. The van der Waals surface area contributed by atoms with Crippen LogP contribution in [0.5, 0.6) is 0 Å². The van der Waals surface area contributed by atoms with Crippen LogP contribution >= 0.6 is 0 Å². The number of hydrogen-bond donors (Lipinski definition) is 0. The van der Waals surface area contributed by atoms with Crippen LogP contribution in [0.2, 0.25) is 0 Å². The standard InChI is InChI=1S/C44H24N4O/c1-45-33-16-11-20-39(48-37-19-9-5-15-32(37)43-40(48)25-23-31-30-14-6-10-21-41(30)49-44(31)43)42(33)27-22-24-38(34(26-27)46-2)47-35-17-7-3-12-28(35)29-13-4-8-18-36(29)47/h3-26H. The van der Waals surface area contributed by atoms with Crippen molar-refractivity contribution in [1.29, 1.82) is 0 Å². The Morgan fingerprint density at radius 1 is 0.449 bits per heavy atom. The minimum absolute atomic E-state index is 0.515. The van der Waals surface area contributed by atoms with E-state index in [9.17, 15) is 0 Å². The molecule has 226 valence electrons. The molecule has 0 unspecified atom stereocenters. The maximum absolute atomic E-state index is 8.33. The lowest BCUT2D eigenvalue weighted by molar-refractivity contribution is 0.673. The molecule has 0 aliphatic rings. The average Bonchev–Trinajstić information content (AvgIpc) is 3.82. The summed E-state index contributed by atoms with van der Waals surface area (Å²) in [6.45, 7) is 16.6. The van der Waals surface area contributed by atoms with Crippen LogP contribution in [-0.2, 0) is 0 Å². The first-order valence-corrected chi connectivity index (χ1v) is 16.1. The van der Waals surface area contributed by atoms with Gasteiger partial charge in [-0.3, -0.25) is 0 Å². The van der Waals surface area contributed by atoms with E-state index in [4.69, 9.17) is 17.6 Å². The van der Waals surface area contributed by atoms with E-state index in [1.807, 2.05) is 66.7 Å². The molecule has 0 fully saturated rings. The molecule has 0 N–H and O–H groups in total. The molecule has 0 atom stereocenters. The van der Waals surface area contributed by atoms with Crippen LogP contribution in [0.3, 0.4) is 0 Å². The summed E-state index contributed by atoms with van der Waals surface area (Å²) in [5.41, 5.74) is 10.1. The summed E-state index contributed by atoms with van der Waals surface area (Å²) < 4.78 is 10.9. The zero-order valence-electron chi connectivity index (χ0n) is 26.1. The van der Waals surface area contributed by atoms with Gasteiger partial charge >= 0.3 is 0 Å². The molecular weight excluding hydrogens is 601 g/mol. The third kappa shape index (κ3) is 3.73. The quantitative estimate of drug-likeness (QED) is 0.180. The summed E-state index contributed by atoms with van der Waals surface area (Å²) in [5.74, 6) is 0. The van der Waals surface area contributed by atoms with E-state index in [0.717, 1.165) is 88.1 Å². The molecule has 10 rings (SSSR count). The molecule has 0 radical (unpaired) electrons. The highest BCUT2D eigenvalue weighted by molar-refractivity contribution is 6.24. The molecule has 0 saturated heterocycles. The first kappa shape index (κ1) is 27.1. The Labute approximate surface area is 280 Å². The second-order valence-corrected chi connectivity index (χ2v) is 12.3. The predicted octanol–water partition coefficient (Wildman–Crippen LogP) is 12.5. The fourth-order valence-electron chi connectivity index (χ4n) is 7.74. The number of hydrogen-bond acceptors (Lipinski definition) is 1. The van der Waals surface area contributed by atoms with Crippen molar-refractivity contribution in [3.8, 4) is 22.5 Å². The second kappa shape index (κ2) is 10.2.